The average Bonchev–Trinajstić information content (AvgIpc) is 3.48. The summed E-state index contributed by atoms with van der Waals surface area (Å²) in [7, 11) is 0. The number of aromatic nitrogens is 1. The van der Waals surface area contributed by atoms with E-state index in [2.05, 4.69) is 17.4 Å². The van der Waals surface area contributed by atoms with Crippen molar-refractivity contribution in [2.45, 2.75) is 42.0 Å². The highest BCUT2D eigenvalue weighted by Gasteiger charge is 2.55. The van der Waals surface area contributed by atoms with Crippen molar-refractivity contribution in [3.8, 4) is 0 Å². The third-order valence-corrected chi connectivity index (χ3v) is 10.4. The number of rotatable bonds is 4. The van der Waals surface area contributed by atoms with Crippen LogP contribution in [0, 0.1) is 17.8 Å². The second-order valence-corrected chi connectivity index (χ2v) is 11.7. The van der Waals surface area contributed by atoms with Gasteiger partial charge < -0.3 is 5.32 Å². The van der Waals surface area contributed by atoms with Gasteiger partial charge in [-0.05, 0) is 66.8 Å². The number of amides is 1. The lowest BCUT2D eigenvalue weighted by Gasteiger charge is -2.40. The molecule has 2 saturated carbocycles. The Kier molecular flexibility index (Phi) is 5.20. The van der Waals surface area contributed by atoms with Gasteiger partial charge in [-0.15, -0.1) is 11.8 Å². The predicted octanol–water partition coefficient (Wildman–Crippen LogP) is 5.85. The third-order valence-electron chi connectivity index (χ3n) is 7.28. The molecule has 3 aliphatic rings. The number of hydrogen-bond acceptors (Lipinski definition) is 4. The van der Waals surface area contributed by atoms with Gasteiger partial charge in [0.15, 0.2) is 0 Å². The molecular formula is C25H23ClN2O2S2. The Morgan fingerprint density at radius 2 is 1.81 bits per heavy atom. The van der Waals surface area contributed by atoms with Crippen LogP contribution in [0.3, 0.4) is 0 Å². The molecule has 1 aliphatic heterocycles. The second kappa shape index (κ2) is 8.08. The molecule has 2 bridgehead atoms. The van der Waals surface area contributed by atoms with E-state index in [0.717, 1.165) is 26.5 Å². The number of carbonyl (C=O) groups excluding carboxylic acids is 1. The Balaban J connectivity index is 1.38. The van der Waals surface area contributed by atoms with E-state index >= 15 is 0 Å². The standard InChI is InChI=1S/C25H23ClN2O2S2/c26-17-10-8-14(9-11-17)20-21-15-6-7-16(12-15)22(21)31-24-23(20)32-25(30)28(24)13-19(29)27-18-4-2-1-3-5-18/h1-5,8-11,15-16,20-22H,6-7,12-13H2,(H,27,29)/t15-,16+,20+,21-,22+/m1/s1. The van der Waals surface area contributed by atoms with Crippen molar-refractivity contribution in [2.75, 3.05) is 5.32 Å². The maximum Gasteiger partial charge on any atom is 0.308 e. The summed E-state index contributed by atoms with van der Waals surface area (Å²) in [6.07, 6.45) is 3.87. The fourth-order valence-corrected chi connectivity index (χ4v) is 9.27. The van der Waals surface area contributed by atoms with Crippen LogP contribution in [0.25, 0.3) is 0 Å². The van der Waals surface area contributed by atoms with Gasteiger partial charge in [0.2, 0.25) is 5.91 Å². The van der Waals surface area contributed by atoms with Crippen molar-refractivity contribution in [2.24, 2.45) is 17.8 Å². The van der Waals surface area contributed by atoms with Crippen LogP contribution in [0.2, 0.25) is 5.02 Å². The van der Waals surface area contributed by atoms with Gasteiger partial charge in [0, 0.05) is 26.8 Å². The molecule has 164 valence electrons. The summed E-state index contributed by atoms with van der Waals surface area (Å²) in [5, 5.41) is 5.16. The summed E-state index contributed by atoms with van der Waals surface area (Å²) >= 11 is 9.36. The van der Waals surface area contributed by atoms with Crippen molar-refractivity contribution >= 4 is 46.3 Å². The minimum Gasteiger partial charge on any atom is -0.325 e. The minimum absolute atomic E-state index is 0.0444. The number of benzene rings is 2. The molecular weight excluding hydrogens is 460 g/mol. The maximum absolute atomic E-state index is 13.1. The van der Waals surface area contributed by atoms with E-state index in [1.54, 1.807) is 4.57 Å². The molecule has 2 aromatic carbocycles. The molecule has 6 rings (SSSR count). The van der Waals surface area contributed by atoms with Gasteiger partial charge in [0.25, 0.3) is 0 Å². The number of halogens is 1. The van der Waals surface area contributed by atoms with Crippen LogP contribution in [0.4, 0.5) is 5.69 Å². The quantitative estimate of drug-likeness (QED) is 0.507. The monoisotopic (exact) mass is 482 g/mol. The topological polar surface area (TPSA) is 51.1 Å². The SMILES string of the molecule is O=C(Cn1c2c(sc1=O)[C@@H](c1ccc(Cl)cc1)[C@H]1[C@@H]3CC[C@@H](C3)[C@@H]1S2)Nc1ccccc1. The number of nitrogens with one attached hydrogen (secondary N) is 1. The Hall–Kier alpha value is -2.02. The molecule has 0 saturated heterocycles. The predicted molar refractivity (Wildman–Crippen MR) is 131 cm³/mol. The number of carbonyl (C=O) groups is 1. The highest BCUT2D eigenvalue weighted by atomic mass is 35.5. The van der Waals surface area contributed by atoms with Crippen molar-refractivity contribution in [3.05, 3.63) is 79.7 Å². The van der Waals surface area contributed by atoms with Crippen LogP contribution in [0.5, 0.6) is 0 Å². The highest BCUT2D eigenvalue weighted by Crippen LogP contribution is 2.64. The van der Waals surface area contributed by atoms with Gasteiger partial charge in [-0.1, -0.05) is 53.3 Å². The van der Waals surface area contributed by atoms with E-state index in [1.807, 2.05) is 54.2 Å². The van der Waals surface area contributed by atoms with Crippen molar-refractivity contribution in [1.82, 2.24) is 4.57 Å². The highest BCUT2D eigenvalue weighted by molar-refractivity contribution is 8.00. The van der Waals surface area contributed by atoms with Crippen LogP contribution in [-0.4, -0.2) is 15.7 Å². The van der Waals surface area contributed by atoms with Crippen molar-refractivity contribution < 1.29 is 4.79 Å². The van der Waals surface area contributed by atoms with Gasteiger partial charge in [0.1, 0.15) is 6.54 Å². The minimum atomic E-state index is -0.169. The molecule has 4 nitrogen and oxygen atoms in total. The Labute approximate surface area is 200 Å². The van der Waals surface area contributed by atoms with Gasteiger partial charge in [-0.2, -0.15) is 0 Å². The largest absolute Gasteiger partial charge is 0.325 e. The molecule has 2 heterocycles. The zero-order chi connectivity index (χ0) is 21.8. The number of nitrogens with zero attached hydrogens (tertiary/aromatic N) is 1. The van der Waals surface area contributed by atoms with Gasteiger partial charge >= 0.3 is 4.87 Å². The van der Waals surface area contributed by atoms with Crippen molar-refractivity contribution in [3.63, 3.8) is 0 Å². The van der Waals surface area contributed by atoms with Gasteiger partial charge in [0.05, 0.1) is 5.03 Å². The molecule has 0 unspecified atom stereocenters. The van der Waals surface area contributed by atoms with E-state index in [-0.39, 0.29) is 23.2 Å². The molecule has 2 aliphatic carbocycles. The van der Waals surface area contributed by atoms with E-state index < -0.39 is 0 Å². The Morgan fingerprint density at radius 3 is 2.59 bits per heavy atom. The summed E-state index contributed by atoms with van der Waals surface area (Å²) in [5.41, 5.74) is 1.98. The molecule has 2 fully saturated rings. The first-order valence-corrected chi connectivity index (χ1v) is 13.2. The van der Waals surface area contributed by atoms with Crippen LogP contribution in [0.15, 0.2) is 64.4 Å². The smallest absolute Gasteiger partial charge is 0.308 e. The molecule has 7 heteroatoms. The molecule has 0 radical (unpaired) electrons. The van der Waals surface area contributed by atoms with E-state index in [0.29, 0.717) is 17.1 Å². The average molecular weight is 483 g/mol. The molecule has 0 spiro atoms. The van der Waals surface area contributed by atoms with E-state index in [1.165, 1.54) is 36.2 Å². The lowest BCUT2D eigenvalue weighted by Crippen LogP contribution is -2.34. The van der Waals surface area contributed by atoms with Gasteiger partial charge in [-0.25, -0.2) is 0 Å². The van der Waals surface area contributed by atoms with E-state index in [4.69, 9.17) is 11.6 Å². The summed E-state index contributed by atoms with van der Waals surface area (Å²) in [5.74, 6) is 2.02. The zero-order valence-electron chi connectivity index (χ0n) is 17.4. The van der Waals surface area contributed by atoms with Gasteiger partial charge in [-0.3, -0.25) is 14.2 Å². The molecule has 32 heavy (non-hydrogen) atoms. The lowest BCUT2D eigenvalue weighted by molar-refractivity contribution is -0.116. The normalized spacial score (nSPS) is 27.7. The molecule has 1 N–H and O–H groups in total. The summed E-state index contributed by atoms with van der Waals surface area (Å²) in [6, 6.07) is 17.5. The Bertz CT molecular complexity index is 1220. The molecule has 5 atom stereocenters. The van der Waals surface area contributed by atoms with Crippen LogP contribution in [0.1, 0.15) is 35.6 Å². The van der Waals surface area contributed by atoms with Crippen molar-refractivity contribution in [1.29, 1.82) is 0 Å². The molecule has 1 amide bonds. The number of hydrogen-bond donors (Lipinski definition) is 1. The third kappa shape index (κ3) is 3.44. The lowest BCUT2D eigenvalue weighted by atomic mass is 9.75. The van der Waals surface area contributed by atoms with Crippen LogP contribution in [-0.2, 0) is 11.3 Å². The summed E-state index contributed by atoms with van der Waals surface area (Å²) in [4.78, 5) is 26.9. The maximum atomic E-state index is 13.1. The second-order valence-electron chi connectivity index (χ2n) is 9.06. The van der Waals surface area contributed by atoms with Crippen LogP contribution >= 0.6 is 34.7 Å². The van der Waals surface area contributed by atoms with E-state index in [9.17, 15) is 9.59 Å². The number of thioether (sulfide) groups is 1. The summed E-state index contributed by atoms with van der Waals surface area (Å²) in [6.45, 7) is 0.0470. The fraction of sp³-hybridized carbons (Fsp3) is 0.360. The summed E-state index contributed by atoms with van der Waals surface area (Å²) < 4.78 is 1.70. The fourth-order valence-electron chi connectivity index (χ4n) is 6.00. The first kappa shape index (κ1) is 20.6. The zero-order valence-corrected chi connectivity index (χ0v) is 19.8. The first-order valence-electron chi connectivity index (χ1n) is 11.1. The first-order chi connectivity index (χ1) is 15.6. The Morgan fingerprint density at radius 1 is 1.06 bits per heavy atom. The number of fused-ring (bicyclic) bond motifs is 6. The van der Waals surface area contributed by atoms with Crippen LogP contribution < -0.4 is 10.2 Å². The molecule has 1 aromatic heterocycles. The number of anilines is 1. The number of para-hydroxylation sites is 1. The number of thiazole rings is 1. The molecule has 3 aromatic rings.